The molecule has 0 radical (unpaired) electrons. The number of carbonyl (C=O) groups excluding carboxylic acids is 1. The largest absolute Gasteiger partial charge is 0.349 e. The summed E-state index contributed by atoms with van der Waals surface area (Å²) in [6.45, 7) is 4.97. The molecule has 0 unspecified atom stereocenters. The van der Waals surface area contributed by atoms with Crippen LogP contribution in [0.25, 0.3) is 0 Å². The molecular weight excluding hydrogens is 242 g/mol. The van der Waals surface area contributed by atoms with E-state index in [2.05, 4.69) is 32.7 Å². The number of piperidine rings is 1. The van der Waals surface area contributed by atoms with Crippen LogP contribution >= 0.6 is 0 Å². The quantitative estimate of drug-likeness (QED) is 0.750. The highest BCUT2D eigenvalue weighted by Gasteiger charge is 2.30. The molecule has 2 aliphatic rings. The number of hydrogen-bond acceptors (Lipinski definition) is 4. The van der Waals surface area contributed by atoms with Crippen molar-refractivity contribution in [1.82, 2.24) is 25.8 Å². The molecule has 1 aliphatic carbocycles. The van der Waals surface area contributed by atoms with Crippen LogP contribution in [0.4, 0.5) is 0 Å². The summed E-state index contributed by atoms with van der Waals surface area (Å²) in [6, 6.07) is 0. The van der Waals surface area contributed by atoms with Gasteiger partial charge in [0.25, 0.3) is 5.91 Å². The maximum atomic E-state index is 12.0. The standard InChI is InChI=1S/C13H21N5O/c1-13(4-6-14-7-5-13)8-15-12(19)11-16-10(17-18-11)9-2-3-9/h9,14H,2-8H2,1H3,(H,15,19)(H,16,17,18). The van der Waals surface area contributed by atoms with Gasteiger partial charge in [-0.2, -0.15) is 0 Å². The Morgan fingerprint density at radius 1 is 1.42 bits per heavy atom. The number of hydrogen-bond donors (Lipinski definition) is 3. The minimum atomic E-state index is -0.164. The maximum Gasteiger partial charge on any atom is 0.290 e. The highest BCUT2D eigenvalue weighted by atomic mass is 16.2. The zero-order valence-electron chi connectivity index (χ0n) is 11.3. The van der Waals surface area contributed by atoms with Crippen molar-refractivity contribution in [1.29, 1.82) is 0 Å². The van der Waals surface area contributed by atoms with Gasteiger partial charge in [-0.15, -0.1) is 5.10 Å². The van der Waals surface area contributed by atoms with E-state index in [-0.39, 0.29) is 17.1 Å². The molecule has 1 aromatic rings. The summed E-state index contributed by atoms with van der Waals surface area (Å²) in [6.07, 6.45) is 4.49. The fourth-order valence-corrected chi connectivity index (χ4v) is 2.50. The lowest BCUT2D eigenvalue weighted by Gasteiger charge is -2.33. The second kappa shape index (κ2) is 4.92. The molecule has 0 spiro atoms. The maximum absolute atomic E-state index is 12.0. The first-order chi connectivity index (χ1) is 9.16. The summed E-state index contributed by atoms with van der Waals surface area (Å²) < 4.78 is 0. The number of amides is 1. The van der Waals surface area contributed by atoms with E-state index in [1.165, 1.54) is 0 Å². The minimum Gasteiger partial charge on any atom is -0.349 e. The van der Waals surface area contributed by atoms with E-state index >= 15 is 0 Å². The lowest BCUT2D eigenvalue weighted by molar-refractivity contribution is 0.0912. The van der Waals surface area contributed by atoms with Gasteiger partial charge in [-0.1, -0.05) is 6.92 Å². The molecule has 3 rings (SSSR count). The zero-order valence-corrected chi connectivity index (χ0v) is 11.3. The molecule has 2 heterocycles. The van der Waals surface area contributed by atoms with Crippen LogP contribution in [0.1, 0.15) is 55.0 Å². The van der Waals surface area contributed by atoms with E-state index in [0.717, 1.165) is 44.6 Å². The molecular formula is C13H21N5O. The van der Waals surface area contributed by atoms with E-state index in [1.54, 1.807) is 0 Å². The van der Waals surface area contributed by atoms with E-state index in [0.29, 0.717) is 12.5 Å². The Labute approximate surface area is 112 Å². The monoisotopic (exact) mass is 263 g/mol. The van der Waals surface area contributed by atoms with Gasteiger partial charge in [-0.25, -0.2) is 4.98 Å². The van der Waals surface area contributed by atoms with Gasteiger partial charge < -0.3 is 10.6 Å². The van der Waals surface area contributed by atoms with Crippen LogP contribution in [-0.4, -0.2) is 40.7 Å². The molecule has 6 heteroatoms. The van der Waals surface area contributed by atoms with E-state index in [4.69, 9.17) is 0 Å². The van der Waals surface area contributed by atoms with Crippen LogP contribution < -0.4 is 10.6 Å². The first-order valence-electron chi connectivity index (χ1n) is 7.08. The van der Waals surface area contributed by atoms with Gasteiger partial charge in [0.15, 0.2) is 0 Å². The first-order valence-corrected chi connectivity index (χ1v) is 7.08. The van der Waals surface area contributed by atoms with Gasteiger partial charge >= 0.3 is 0 Å². The topological polar surface area (TPSA) is 82.7 Å². The summed E-state index contributed by atoms with van der Waals surface area (Å²) >= 11 is 0. The molecule has 0 aromatic carbocycles. The third-order valence-corrected chi connectivity index (χ3v) is 4.16. The lowest BCUT2D eigenvalue weighted by atomic mass is 9.81. The molecule has 6 nitrogen and oxygen atoms in total. The van der Waals surface area contributed by atoms with E-state index < -0.39 is 0 Å². The highest BCUT2D eigenvalue weighted by Crippen LogP contribution is 2.37. The van der Waals surface area contributed by atoms with Crippen molar-refractivity contribution in [2.24, 2.45) is 5.41 Å². The molecule has 1 amide bonds. The average Bonchev–Trinajstić information content (AvgIpc) is 3.15. The van der Waals surface area contributed by atoms with Crippen LogP contribution in [0.2, 0.25) is 0 Å². The number of aromatic amines is 1. The zero-order chi connectivity index (χ0) is 13.3. The first kappa shape index (κ1) is 12.6. The number of nitrogens with one attached hydrogen (secondary N) is 3. The number of nitrogens with zero attached hydrogens (tertiary/aromatic N) is 2. The molecule has 1 saturated carbocycles. The molecule has 19 heavy (non-hydrogen) atoms. The van der Waals surface area contributed by atoms with Crippen molar-refractivity contribution in [3.8, 4) is 0 Å². The fourth-order valence-electron chi connectivity index (χ4n) is 2.50. The number of rotatable bonds is 4. The lowest BCUT2D eigenvalue weighted by Crippen LogP contribution is -2.43. The van der Waals surface area contributed by atoms with Crippen molar-refractivity contribution in [3.05, 3.63) is 11.6 Å². The Morgan fingerprint density at radius 2 is 2.16 bits per heavy atom. The van der Waals surface area contributed by atoms with E-state index in [1.807, 2.05) is 0 Å². The predicted octanol–water partition coefficient (Wildman–Crippen LogP) is 0.802. The third-order valence-electron chi connectivity index (χ3n) is 4.16. The Kier molecular flexibility index (Phi) is 3.26. The van der Waals surface area contributed by atoms with Gasteiger partial charge in [0.2, 0.25) is 5.82 Å². The van der Waals surface area contributed by atoms with Crippen molar-refractivity contribution >= 4 is 5.91 Å². The van der Waals surface area contributed by atoms with Gasteiger partial charge in [0.1, 0.15) is 5.82 Å². The Morgan fingerprint density at radius 3 is 2.84 bits per heavy atom. The summed E-state index contributed by atoms with van der Waals surface area (Å²) in [5.41, 5.74) is 0.191. The normalized spacial score (nSPS) is 22.2. The third kappa shape index (κ3) is 2.94. The smallest absolute Gasteiger partial charge is 0.290 e. The van der Waals surface area contributed by atoms with Crippen molar-refractivity contribution in [3.63, 3.8) is 0 Å². The molecule has 2 fully saturated rings. The SMILES string of the molecule is CC1(CNC(=O)c2n[nH]c(C3CC3)n2)CCNCC1. The Balaban J connectivity index is 1.55. The molecule has 1 aromatic heterocycles. The number of carbonyl (C=O) groups is 1. The second-order valence-corrected chi connectivity index (χ2v) is 6.06. The molecule has 104 valence electrons. The van der Waals surface area contributed by atoms with Gasteiger partial charge in [-0.05, 0) is 44.2 Å². The molecule has 0 bridgehead atoms. The van der Waals surface area contributed by atoms with Gasteiger partial charge in [-0.3, -0.25) is 9.89 Å². The molecule has 1 aliphatic heterocycles. The average molecular weight is 263 g/mol. The van der Waals surface area contributed by atoms with Crippen molar-refractivity contribution in [2.75, 3.05) is 19.6 Å². The minimum absolute atomic E-state index is 0.164. The highest BCUT2D eigenvalue weighted by molar-refractivity contribution is 5.90. The molecule has 3 N–H and O–H groups in total. The molecule has 1 saturated heterocycles. The summed E-state index contributed by atoms with van der Waals surface area (Å²) in [5, 5.41) is 13.2. The summed E-state index contributed by atoms with van der Waals surface area (Å²) in [4.78, 5) is 16.3. The van der Waals surface area contributed by atoms with Crippen LogP contribution in [-0.2, 0) is 0 Å². The van der Waals surface area contributed by atoms with Crippen molar-refractivity contribution in [2.45, 2.75) is 38.5 Å². The Bertz CT molecular complexity index is 459. The van der Waals surface area contributed by atoms with Crippen LogP contribution in [0, 0.1) is 5.41 Å². The van der Waals surface area contributed by atoms with Crippen LogP contribution in [0.15, 0.2) is 0 Å². The Hall–Kier alpha value is -1.43. The van der Waals surface area contributed by atoms with E-state index in [9.17, 15) is 4.79 Å². The molecule has 0 atom stereocenters. The van der Waals surface area contributed by atoms with Crippen LogP contribution in [0.5, 0.6) is 0 Å². The van der Waals surface area contributed by atoms with Gasteiger partial charge in [0, 0.05) is 12.5 Å². The number of aromatic nitrogens is 3. The second-order valence-electron chi connectivity index (χ2n) is 6.06. The van der Waals surface area contributed by atoms with Crippen molar-refractivity contribution < 1.29 is 4.79 Å². The summed E-state index contributed by atoms with van der Waals surface area (Å²) in [7, 11) is 0. The number of H-pyrrole nitrogens is 1. The fraction of sp³-hybridized carbons (Fsp3) is 0.769. The predicted molar refractivity (Wildman–Crippen MR) is 70.9 cm³/mol. The van der Waals surface area contributed by atoms with Crippen LogP contribution in [0.3, 0.4) is 0 Å². The summed E-state index contributed by atoms with van der Waals surface area (Å²) in [5.74, 6) is 1.47. The van der Waals surface area contributed by atoms with Gasteiger partial charge in [0.05, 0.1) is 0 Å².